The van der Waals surface area contributed by atoms with Crippen LogP contribution in [0.25, 0.3) is 0 Å². The Morgan fingerprint density at radius 2 is 1.81 bits per heavy atom. The minimum Gasteiger partial charge on any atom is -0.488 e. The first-order valence-corrected chi connectivity index (χ1v) is 9.80. The molecule has 0 unspecified atom stereocenters. The summed E-state index contributed by atoms with van der Waals surface area (Å²) in [5.41, 5.74) is 3.81. The van der Waals surface area contributed by atoms with E-state index in [1.165, 1.54) is 17.2 Å². The van der Waals surface area contributed by atoms with Crippen molar-refractivity contribution < 1.29 is 9.13 Å². The smallest absolute Gasteiger partial charge is 0.131 e. The summed E-state index contributed by atoms with van der Waals surface area (Å²) in [4.78, 5) is 0. The lowest BCUT2D eigenvalue weighted by Crippen LogP contribution is -2.14. The van der Waals surface area contributed by atoms with Crippen molar-refractivity contribution in [1.29, 1.82) is 0 Å². The van der Waals surface area contributed by atoms with Crippen LogP contribution >= 0.6 is 27.5 Å². The highest BCUT2D eigenvalue weighted by Gasteiger charge is 2.10. The Hall–Kier alpha value is -1.88. The summed E-state index contributed by atoms with van der Waals surface area (Å²) in [7, 11) is 0. The Balaban J connectivity index is 1.66. The van der Waals surface area contributed by atoms with Gasteiger partial charge >= 0.3 is 0 Å². The Morgan fingerprint density at radius 1 is 1.04 bits per heavy atom. The van der Waals surface area contributed by atoms with Crippen molar-refractivity contribution in [2.45, 2.75) is 26.6 Å². The summed E-state index contributed by atoms with van der Waals surface area (Å²) in [6.45, 7) is 3.54. The molecule has 0 radical (unpaired) electrons. The lowest BCUT2D eigenvalue weighted by Gasteiger charge is -2.14. The molecule has 0 fully saturated rings. The number of aryl methyl sites for hydroxylation is 1. The maximum Gasteiger partial charge on any atom is 0.131 e. The molecule has 27 heavy (non-hydrogen) atoms. The minimum absolute atomic E-state index is 0.0814. The molecule has 5 heteroatoms. The van der Waals surface area contributed by atoms with E-state index in [1.54, 1.807) is 12.1 Å². The predicted octanol–water partition coefficient (Wildman–Crippen LogP) is 6.42. The van der Waals surface area contributed by atoms with E-state index in [4.69, 9.17) is 16.3 Å². The number of rotatable bonds is 7. The number of hydrogen-bond acceptors (Lipinski definition) is 2. The second-order valence-electron chi connectivity index (χ2n) is 6.33. The van der Waals surface area contributed by atoms with Gasteiger partial charge in [0.15, 0.2) is 0 Å². The summed E-state index contributed by atoms with van der Waals surface area (Å²) in [5, 5.41) is 3.79. The molecule has 0 heterocycles. The van der Waals surface area contributed by atoms with Crippen molar-refractivity contribution >= 4 is 27.5 Å². The summed E-state index contributed by atoms with van der Waals surface area (Å²) < 4.78 is 20.8. The fourth-order valence-electron chi connectivity index (χ4n) is 2.69. The van der Waals surface area contributed by atoms with Gasteiger partial charge in [-0.05, 0) is 42.8 Å². The van der Waals surface area contributed by atoms with Crippen molar-refractivity contribution in [2.75, 3.05) is 0 Å². The molecule has 3 aromatic rings. The third-order valence-corrected chi connectivity index (χ3v) is 5.07. The Bertz CT molecular complexity index is 894. The number of ether oxygens (including phenoxy) is 1. The van der Waals surface area contributed by atoms with Gasteiger partial charge in [-0.3, -0.25) is 0 Å². The van der Waals surface area contributed by atoms with Gasteiger partial charge < -0.3 is 10.1 Å². The topological polar surface area (TPSA) is 21.3 Å². The van der Waals surface area contributed by atoms with Crippen LogP contribution in [-0.2, 0) is 19.7 Å². The van der Waals surface area contributed by atoms with E-state index >= 15 is 0 Å². The van der Waals surface area contributed by atoms with Crippen LogP contribution in [0.5, 0.6) is 5.75 Å². The summed E-state index contributed by atoms with van der Waals surface area (Å²) >= 11 is 9.58. The molecule has 1 N–H and O–H groups in total. The SMILES string of the molecule is Cc1ccc(CNCc2cc(Br)ccc2OCc2c(F)cccc2Cl)cc1. The number of benzene rings is 3. The largest absolute Gasteiger partial charge is 0.488 e. The van der Waals surface area contributed by atoms with E-state index in [0.717, 1.165) is 16.6 Å². The van der Waals surface area contributed by atoms with E-state index in [0.29, 0.717) is 22.9 Å². The maximum atomic E-state index is 14.0. The fourth-order valence-corrected chi connectivity index (χ4v) is 3.32. The normalized spacial score (nSPS) is 10.8. The van der Waals surface area contributed by atoms with Gasteiger partial charge in [-0.15, -0.1) is 0 Å². The fraction of sp³-hybridized carbons (Fsp3) is 0.182. The Kier molecular flexibility index (Phi) is 6.89. The molecule has 0 atom stereocenters. The molecular formula is C22H20BrClFNO. The molecule has 140 valence electrons. The van der Waals surface area contributed by atoms with Crippen LogP contribution in [0.4, 0.5) is 4.39 Å². The van der Waals surface area contributed by atoms with Crippen LogP contribution in [-0.4, -0.2) is 0 Å². The maximum absolute atomic E-state index is 14.0. The zero-order valence-corrected chi connectivity index (χ0v) is 17.3. The molecule has 0 spiro atoms. The van der Waals surface area contributed by atoms with Gasteiger partial charge in [0, 0.05) is 28.7 Å². The highest BCUT2D eigenvalue weighted by atomic mass is 79.9. The highest BCUT2D eigenvalue weighted by molar-refractivity contribution is 9.10. The number of nitrogens with one attached hydrogen (secondary N) is 1. The molecule has 0 aliphatic carbocycles. The van der Waals surface area contributed by atoms with Crippen LogP contribution in [0, 0.1) is 12.7 Å². The Labute approximate surface area is 172 Å². The van der Waals surface area contributed by atoms with Gasteiger partial charge in [-0.2, -0.15) is 0 Å². The van der Waals surface area contributed by atoms with E-state index in [9.17, 15) is 4.39 Å². The molecule has 0 bridgehead atoms. The van der Waals surface area contributed by atoms with Crippen LogP contribution in [0.1, 0.15) is 22.3 Å². The minimum atomic E-state index is -0.362. The van der Waals surface area contributed by atoms with Crippen LogP contribution in [0.3, 0.4) is 0 Å². The standard InChI is InChI=1S/C22H20BrClFNO/c1-15-5-7-16(8-6-15)12-26-13-17-11-18(23)9-10-22(17)27-14-19-20(24)3-2-4-21(19)25/h2-11,26H,12-14H2,1H3. The van der Waals surface area contributed by atoms with E-state index in [1.807, 2.05) is 18.2 Å². The van der Waals surface area contributed by atoms with Gasteiger partial charge in [-0.25, -0.2) is 4.39 Å². The summed E-state index contributed by atoms with van der Waals surface area (Å²) in [5.74, 6) is 0.340. The third-order valence-electron chi connectivity index (χ3n) is 4.22. The monoisotopic (exact) mass is 447 g/mol. The van der Waals surface area contributed by atoms with Crippen molar-refractivity contribution in [3.05, 3.63) is 98.2 Å². The van der Waals surface area contributed by atoms with Gasteiger partial charge in [-0.1, -0.05) is 63.4 Å². The summed E-state index contributed by atoms with van der Waals surface area (Å²) in [6, 6.07) is 18.8. The van der Waals surface area contributed by atoms with E-state index in [2.05, 4.69) is 52.4 Å². The van der Waals surface area contributed by atoms with Crippen molar-refractivity contribution in [2.24, 2.45) is 0 Å². The molecule has 3 aromatic carbocycles. The van der Waals surface area contributed by atoms with Crippen molar-refractivity contribution in [3.8, 4) is 5.75 Å². The van der Waals surface area contributed by atoms with Gasteiger partial charge in [0.25, 0.3) is 0 Å². The first-order valence-electron chi connectivity index (χ1n) is 8.63. The average molecular weight is 449 g/mol. The van der Waals surface area contributed by atoms with Crippen LogP contribution in [0.2, 0.25) is 5.02 Å². The molecule has 0 aromatic heterocycles. The number of hydrogen-bond donors (Lipinski definition) is 1. The zero-order chi connectivity index (χ0) is 19.2. The third kappa shape index (κ3) is 5.55. The second kappa shape index (κ2) is 9.36. The van der Waals surface area contributed by atoms with Gasteiger partial charge in [0.05, 0.1) is 5.02 Å². The van der Waals surface area contributed by atoms with Crippen molar-refractivity contribution in [3.63, 3.8) is 0 Å². The lowest BCUT2D eigenvalue weighted by molar-refractivity contribution is 0.296. The lowest BCUT2D eigenvalue weighted by atomic mass is 10.1. The van der Waals surface area contributed by atoms with Gasteiger partial charge in [0.1, 0.15) is 18.2 Å². The van der Waals surface area contributed by atoms with Crippen LogP contribution in [0.15, 0.2) is 65.1 Å². The van der Waals surface area contributed by atoms with Gasteiger partial charge in [0.2, 0.25) is 0 Å². The molecular weight excluding hydrogens is 429 g/mol. The molecule has 0 aliphatic rings. The van der Waals surface area contributed by atoms with E-state index < -0.39 is 0 Å². The Morgan fingerprint density at radius 3 is 2.56 bits per heavy atom. The molecule has 2 nitrogen and oxygen atoms in total. The molecule has 0 aliphatic heterocycles. The van der Waals surface area contributed by atoms with E-state index in [-0.39, 0.29) is 12.4 Å². The highest BCUT2D eigenvalue weighted by Crippen LogP contribution is 2.26. The second-order valence-corrected chi connectivity index (χ2v) is 7.65. The molecule has 3 rings (SSSR count). The predicted molar refractivity (Wildman–Crippen MR) is 112 cm³/mol. The number of halogens is 3. The quantitative estimate of drug-likeness (QED) is 0.450. The molecule has 0 amide bonds. The van der Waals surface area contributed by atoms with Crippen molar-refractivity contribution in [1.82, 2.24) is 5.32 Å². The van der Waals surface area contributed by atoms with Crippen LogP contribution < -0.4 is 10.1 Å². The first-order chi connectivity index (χ1) is 13.0. The molecule has 0 saturated heterocycles. The average Bonchev–Trinajstić information content (AvgIpc) is 2.64. The molecule has 0 saturated carbocycles. The zero-order valence-electron chi connectivity index (χ0n) is 14.9. The first kappa shape index (κ1) is 19.9. The summed E-state index contributed by atoms with van der Waals surface area (Å²) in [6.07, 6.45) is 0.